The van der Waals surface area contributed by atoms with E-state index in [0.29, 0.717) is 5.02 Å². The van der Waals surface area contributed by atoms with E-state index in [4.69, 9.17) is 11.6 Å². The van der Waals surface area contributed by atoms with Gasteiger partial charge in [-0.1, -0.05) is 23.7 Å². The van der Waals surface area contributed by atoms with Gasteiger partial charge in [0.25, 0.3) is 0 Å². The Balaban J connectivity index is 2.23. The molecule has 0 aromatic heterocycles. The van der Waals surface area contributed by atoms with Gasteiger partial charge in [0.1, 0.15) is 6.04 Å². The van der Waals surface area contributed by atoms with E-state index in [1.54, 1.807) is 0 Å². The first-order valence-electron chi connectivity index (χ1n) is 5.20. The smallest absolute Gasteiger partial charge is 0.123 e. The zero-order valence-corrected chi connectivity index (χ0v) is 9.24. The van der Waals surface area contributed by atoms with E-state index in [-0.39, 0.29) is 6.04 Å². The van der Waals surface area contributed by atoms with Gasteiger partial charge in [0.05, 0.1) is 6.07 Å². The van der Waals surface area contributed by atoms with Gasteiger partial charge in [-0.05, 0) is 43.6 Å². The average Bonchev–Trinajstić information content (AvgIpc) is 2.72. The summed E-state index contributed by atoms with van der Waals surface area (Å²) in [6, 6.07) is 9.81. The van der Waals surface area contributed by atoms with Crippen LogP contribution in [-0.2, 0) is 0 Å². The summed E-state index contributed by atoms with van der Waals surface area (Å²) in [5.41, 5.74) is 1.01. The minimum Gasteiger partial charge on any atom is -0.284 e. The van der Waals surface area contributed by atoms with Crippen molar-refractivity contribution < 1.29 is 0 Å². The van der Waals surface area contributed by atoms with Crippen molar-refractivity contribution in [3.8, 4) is 6.07 Å². The number of rotatable bonds is 2. The minimum absolute atomic E-state index is 0.133. The van der Waals surface area contributed by atoms with Crippen LogP contribution >= 0.6 is 11.6 Å². The third kappa shape index (κ3) is 2.31. The summed E-state index contributed by atoms with van der Waals surface area (Å²) >= 11 is 5.92. The van der Waals surface area contributed by atoms with Crippen LogP contribution in [0.15, 0.2) is 24.3 Å². The average molecular weight is 221 g/mol. The van der Waals surface area contributed by atoms with Gasteiger partial charge >= 0.3 is 0 Å². The molecule has 0 saturated carbocycles. The summed E-state index contributed by atoms with van der Waals surface area (Å²) < 4.78 is 0. The number of nitrogens with zero attached hydrogens (tertiary/aromatic N) is 2. The first-order valence-corrected chi connectivity index (χ1v) is 5.58. The third-order valence-electron chi connectivity index (χ3n) is 2.79. The molecule has 0 spiro atoms. The van der Waals surface area contributed by atoms with Crippen LogP contribution in [0.5, 0.6) is 0 Å². The Labute approximate surface area is 95.1 Å². The quantitative estimate of drug-likeness (QED) is 0.766. The molecule has 1 saturated heterocycles. The lowest BCUT2D eigenvalue weighted by Crippen LogP contribution is -2.24. The lowest BCUT2D eigenvalue weighted by atomic mass is 10.1. The van der Waals surface area contributed by atoms with Crippen LogP contribution in [0.2, 0.25) is 5.02 Å². The zero-order chi connectivity index (χ0) is 10.7. The SMILES string of the molecule is N#CC(c1cccc(Cl)c1)N1CCCC1. The monoisotopic (exact) mass is 220 g/mol. The molecule has 1 aromatic rings. The van der Waals surface area contributed by atoms with Crippen LogP contribution in [0.3, 0.4) is 0 Å². The van der Waals surface area contributed by atoms with Crippen LogP contribution in [0.1, 0.15) is 24.4 Å². The van der Waals surface area contributed by atoms with Crippen molar-refractivity contribution in [2.24, 2.45) is 0 Å². The molecule has 0 aliphatic carbocycles. The molecule has 0 amide bonds. The molecule has 1 aliphatic rings. The minimum atomic E-state index is -0.133. The second kappa shape index (κ2) is 4.65. The van der Waals surface area contributed by atoms with Crippen molar-refractivity contribution >= 4 is 11.6 Å². The molecular formula is C12H13ClN2. The van der Waals surface area contributed by atoms with E-state index in [2.05, 4.69) is 11.0 Å². The first kappa shape index (κ1) is 10.5. The molecule has 1 fully saturated rings. The van der Waals surface area contributed by atoms with Gasteiger partial charge in [-0.2, -0.15) is 5.26 Å². The maximum atomic E-state index is 9.20. The zero-order valence-electron chi connectivity index (χ0n) is 8.49. The van der Waals surface area contributed by atoms with Gasteiger partial charge in [0.15, 0.2) is 0 Å². The normalized spacial score (nSPS) is 18.7. The van der Waals surface area contributed by atoms with Crippen LogP contribution in [0.25, 0.3) is 0 Å². The number of benzene rings is 1. The maximum absolute atomic E-state index is 9.20. The maximum Gasteiger partial charge on any atom is 0.123 e. The standard InChI is InChI=1S/C12H13ClN2/c13-11-5-3-4-10(8-11)12(9-14)15-6-1-2-7-15/h3-5,8,12H,1-2,6-7H2. The van der Waals surface area contributed by atoms with Crippen LogP contribution in [-0.4, -0.2) is 18.0 Å². The first-order chi connectivity index (χ1) is 7.31. The fraction of sp³-hybridized carbons (Fsp3) is 0.417. The lowest BCUT2D eigenvalue weighted by Gasteiger charge is -2.21. The molecule has 15 heavy (non-hydrogen) atoms. The summed E-state index contributed by atoms with van der Waals surface area (Å²) in [6.45, 7) is 2.04. The molecule has 2 nitrogen and oxygen atoms in total. The largest absolute Gasteiger partial charge is 0.284 e. The van der Waals surface area contributed by atoms with Crippen LogP contribution in [0.4, 0.5) is 0 Å². The van der Waals surface area contributed by atoms with Crippen molar-refractivity contribution in [3.05, 3.63) is 34.9 Å². The fourth-order valence-corrected chi connectivity index (χ4v) is 2.24. The second-order valence-electron chi connectivity index (χ2n) is 3.83. The summed E-state index contributed by atoms with van der Waals surface area (Å²) in [5.74, 6) is 0. The number of hydrogen-bond acceptors (Lipinski definition) is 2. The summed E-state index contributed by atoms with van der Waals surface area (Å²) in [6.07, 6.45) is 2.39. The third-order valence-corrected chi connectivity index (χ3v) is 3.03. The molecule has 1 aliphatic heterocycles. The Hall–Kier alpha value is -1.04. The molecular weight excluding hydrogens is 208 g/mol. The van der Waals surface area contributed by atoms with Gasteiger partial charge in [-0.15, -0.1) is 0 Å². The van der Waals surface area contributed by atoms with Gasteiger partial charge < -0.3 is 0 Å². The van der Waals surface area contributed by atoms with E-state index >= 15 is 0 Å². The van der Waals surface area contributed by atoms with Crippen LogP contribution in [0, 0.1) is 11.3 Å². The van der Waals surface area contributed by atoms with Crippen molar-refractivity contribution in [1.82, 2.24) is 4.90 Å². The van der Waals surface area contributed by atoms with Gasteiger partial charge in [0, 0.05) is 5.02 Å². The van der Waals surface area contributed by atoms with Crippen LogP contribution < -0.4 is 0 Å². The van der Waals surface area contributed by atoms with E-state index in [0.717, 1.165) is 18.7 Å². The van der Waals surface area contributed by atoms with Gasteiger partial charge in [-0.3, -0.25) is 4.90 Å². The van der Waals surface area contributed by atoms with E-state index in [1.165, 1.54) is 12.8 Å². The van der Waals surface area contributed by atoms with Crippen molar-refractivity contribution in [3.63, 3.8) is 0 Å². The molecule has 1 atom stereocenters. The summed E-state index contributed by atoms with van der Waals surface area (Å²) in [4.78, 5) is 2.21. The Bertz CT molecular complexity index is 377. The summed E-state index contributed by atoms with van der Waals surface area (Å²) in [5, 5.41) is 9.90. The Morgan fingerprint density at radius 3 is 2.67 bits per heavy atom. The highest BCUT2D eigenvalue weighted by molar-refractivity contribution is 6.30. The van der Waals surface area contributed by atoms with Crippen molar-refractivity contribution in [2.45, 2.75) is 18.9 Å². The molecule has 78 valence electrons. The Morgan fingerprint density at radius 1 is 1.33 bits per heavy atom. The van der Waals surface area contributed by atoms with E-state index in [9.17, 15) is 5.26 Å². The number of nitriles is 1. The molecule has 0 N–H and O–H groups in total. The molecule has 0 radical (unpaired) electrons. The second-order valence-corrected chi connectivity index (χ2v) is 4.27. The van der Waals surface area contributed by atoms with Crippen molar-refractivity contribution in [2.75, 3.05) is 13.1 Å². The fourth-order valence-electron chi connectivity index (χ4n) is 2.04. The van der Waals surface area contributed by atoms with E-state index < -0.39 is 0 Å². The predicted octanol–water partition coefficient (Wildman–Crippen LogP) is 3.00. The lowest BCUT2D eigenvalue weighted by molar-refractivity contribution is 0.294. The Kier molecular flexibility index (Phi) is 3.25. The molecule has 1 aromatic carbocycles. The van der Waals surface area contributed by atoms with Gasteiger partial charge in [0.2, 0.25) is 0 Å². The summed E-state index contributed by atoms with van der Waals surface area (Å²) in [7, 11) is 0. The molecule has 1 unspecified atom stereocenters. The Morgan fingerprint density at radius 2 is 2.07 bits per heavy atom. The molecule has 1 heterocycles. The number of halogens is 1. The van der Waals surface area contributed by atoms with E-state index in [1.807, 2.05) is 24.3 Å². The highest BCUT2D eigenvalue weighted by Crippen LogP contribution is 2.25. The topological polar surface area (TPSA) is 27.0 Å². The van der Waals surface area contributed by atoms with Crippen molar-refractivity contribution in [1.29, 1.82) is 5.26 Å². The molecule has 2 rings (SSSR count). The molecule has 3 heteroatoms. The predicted molar refractivity (Wildman–Crippen MR) is 60.6 cm³/mol. The molecule has 0 bridgehead atoms. The van der Waals surface area contributed by atoms with Gasteiger partial charge in [-0.25, -0.2) is 0 Å². The number of hydrogen-bond donors (Lipinski definition) is 0. The highest BCUT2D eigenvalue weighted by atomic mass is 35.5. The highest BCUT2D eigenvalue weighted by Gasteiger charge is 2.22. The number of likely N-dealkylation sites (tertiary alicyclic amines) is 1.